The average molecular weight is 202 g/mol. The molecule has 1 unspecified atom stereocenters. The van der Waals surface area contributed by atoms with Crippen LogP contribution in [0.5, 0.6) is 0 Å². The Balaban J connectivity index is 0.000000124. The van der Waals surface area contributed by atoms with E-state index in [0.29, 0.717) is 6.10 Å². The number of benzene rings is 1. The maximum absolute atomic E-state index is 5.09. The Hall–Kier alpha value is -1.08. The summed E-state index contributed by atoms with van der Waals surface area (Å²) in [5, 5.41) is 0. The van der Waals surface area contributed by atoms with E-state index in [4.69, 9.17) is 4.74 Å². The van der Waals surface area contributed by atoms with Crippen LogP contribution in [0, 0.1) is 0 Å². The van der Waals surface area contributed by atoms with Crippen LogP contribution in [-0.4, -0.2) is 6.61 Å². The van der Waals surface area contributed by atoms with E-state index >= 15 is 0 Å². The van der Waals surface area contributed by atoms with E-state index in [0.717, 1.165) is 6.61 Å². The summed E-state index contributed by atoms with van der Waals surface area (Å²) in [5.74, 6) is 0. The summed E-state index contributed by atoms with van der Waals surface area (Å²) >= 11 is 0. The Morgan fingerprint density at radius 3 is 1.93 bits per heavy atom. The zero-order chi connectivity index (χ0) is 10.3. The second kappa shape index (κ2) is 5.72. The highest BCUT2D eigenvalue weighted by Gasteiger charge is 2.23. The lowest BCUT2D eigenvalue weighted by atomic mass is 10.1. The number of allylic oxidation sites excluding steroid dienone is 2. The van der Waals surface area contributed by atoms with Crippen LogP contribution in [0.4, 0.5) is 0 Å². The largest absolute Gasteiger partial charge is 0.368 e. The van der Waals surface area contributed by atoms with E-state index in [2.05, 4.69) is 24.3 Å². The van der Waals surface area contributed by atoms with Gasteiger partial charge < -0.3 is 4.74 Å². The van der Waals surface area contributed by atoms with Crippen LogP contribution >= 0.6 is 0 Å². The highest BCUT2D eigenvalue weighted by Crippen LogP contribution is 2.28. The SMILES string of the molecule is C1=CCCCC1.c1ccc(C2CO2)cc1. The molecule has 0 saturated carbocycles. The molecule has 1 aromatic carbocycles. The maximum atomic E-state index is 5.09. The minimum atomic E-state index is 0.409. The van der Waals surface area contributed by atoms with Crippen LogP contribution in [0.3, 0.4) is 0 Å². The van der Waals surface area contributed by atoms with Gasteiger partial charge in [0.1, 0.15) is 6.10 Å². The topological polar surface area (TPSA) is 12.5 Å². The summed E-state index contributed by atoms with van der Waals surface area (Å²) in [5.41, 5.74) is 1.30. The van der Waals surface area contributed by atoms with Gasteiger partial charge in [0.2, 0.25) is 0 Å². The molecule has 1 fully saturated rings. The first-order chi connectivity index (χ1) is 7.47. The fourth-order valence-corrected chi connectivity index (χ4v) is 1.67. The zero-order valence-electron chi connectivity index (χ0n) is 9.06. The molecule has 0 aromatic heterocycles. The minimum Gasteiger partial charge on any atom is -0.368 e. The molecule has 1 aliphatic heterocycles. The molecular formula is C14H18O. The molecule has 1 nitrogen and oxygen atoms in total. The van der Waals surface area contributed by atoms with Crippen molar-refractivity contribution in [1.82, 2.24) is 0 Å². The van der Waals surface area contributed by atoms with E-state index in [1.165, 1.54) is 31.2 Å². The van der Waals surface area contributed by atoms with Gasteiger partial charge in [-0.1, -0.05) is 42.5 Å². The van der Waals surface area contributed by atoms with Crippen molar-refractivity contribution in [3.63, 3.8) is 0 Å². The standard InChI is InChI=1S/C8H8O.C6H10/c1-2-4-7(5-3-1)8-6-9-8;1-2-4-6-5-3-1/h1-5,8H,6H2;1-2H,3-6H2. The fourth-order valence-electron chi connectivity index (χ4n) is 1.67. The minimum absolute atomic E-state index is 0.409. The summed E-state index contributed by atoms with van der Waals surface area (Å²) < 4.78 is 5.09. The smallest absolute Gasteiger partial charge is 0.106 e. The van der Waals surface area contributed by atoms with Crippen LogP contribution in [-0.2, 0) is 4.74 Å². The van der Waals surface area contributed by atoms with Crippen LogP contribution in [0.1, 0.15) is 37.4 Å². The maximum Gasteiger partial charge on any atom is 0.106 e. The summed E-state index contributed by atoms with van der Waals surface area (Å²) in [4.78, 5) is 0. The van der Waals surface area contributed by atoms with E-state index in [1.807, 2.05) is 18.2 Å². The molecule has 1 atom stereocenters. The molecule has 1 heterocycles. The van der Waals surface area contributed by atoms with E-state index in [1.54, 1.807) is 0 Å². The van der Waals surface area contributed by atoms with Gasteiger partial charge in [-0.05, 0) is 31.2 Å². The summed E-state index contributed by atoms with van der Waals surface area (Å²) in [6.45, 7) is 0.907. The summed E-state index contributed by atoms with van der Waals surface area (Å²) in [6, 6.07) is 10.3. The Morgan fingerprint density at radius 1 is 0.933 bits per heavy atom. The van der Waals surface area contributed by atoms with E-state index < -0.39 is 0 Å². The second-order valence-electron chi connectivity index (χ2n) is 3.99. The highest BCUT2D eigenvalue weighted by atomic mass is 16.6. The molecule has 0 radical (unpaired) electrons. The third-order valence-electron chi connectivity index (χ3n) is 2.66. The van der Waals surface area contributed by atoms with Crippen molar-refractivity contribution in [2.75, 3.05) is 6.61 Å². The molecule has 0 bridgehead atoms. The van der Waals surface area contributed by atoms with E-state index in [9.17, 15) is 0 Å². The Morgan fingerprint density at radius 2 is 1.53 bits per heavy atom. The molecule has 0 amide bonds. The molecule has 80 valence electrons. The normalized spacial score (nSPS) is 22.8. The third kappa shape index (κ3) is 3.88. The Kier molecular flexibility index (Phi) is 3.98. The zero-order valence-corrected chi connectivity index (χ0v) is 9.06. The summed E-state index contributed by atoms with van der Waals surface area (Å²) in [7, 11) is 0. The predicted molar refractivity (Wildman–Crippen MR) is 62.7 cm³/mol. The van der Waals surface area contributed by atoms with Crippen LogP contribution in [0.2, 0.25) is 0 Å². The molecule has 3 rings (SSSR count). The van der Waals surface area contributed by atoms with Crippen molar-refractivity contribution < 1.29 is 4.74 Å². The summed E-state index contributed by atoms with van der Waals surface area (Å²) in [6.07, 6.45) is 10.4. The van der Waals surface area contributed by atoms with Crippen molar-refractivity contribution in [3.8, 4) is 0 Å². The Labute approximate surface area is 91.8 Å². The first-order valence-electron chi connectivity index (χ1n) is 5.78. The molecule has 2 aliphatic rings. The molecule has 0 spiro atoms. The molecule has 15 heavy (non-hydrogen) atoms. The first kappa shape index (κ1) is 10.4. The average Bonchev–Trinajstić information content (AvgIpc) is 3.17. The van der Waals surface area contributed by atoms with Gasteiger partial charge in [-0.3, -0.25) is 0 Å². The highest BCUT2D eigenvalue weighted by molar-refractivity contribution is 5.19. The van der Waals surface area contributed by atoms with Crippen LogP contribution < -0.4 is 0 Å². The lowest BCUT2D eigenvalue weighted by molar-refractivity contribution is 0.415. The predicted octanol–water partition coefficient (Wildman–Crippen LogP) is 3.87. The quantitative estimate of drug-likeness (QED) is 0.497. The van der Waals surface area contributed by atoms with Crippen molar-refractivity contribution in [2.45, 2.75) is 31.8 Å². The van der Waals surface area contributed by atoms with Gasteiger partial charge >= 0.3 is 0 Å². The van der Waals surface area contributed by atoms with Crippen molar-refractivity contribution in [1.29, 1.82) is 0 Å². The Bertz CT molecular complexity index is 290. The number of rotatable bonds is 1. The van der Waals surface area contributed by atoms with Gasteiger partial charge in [0.25, 0.3) is 0 Å². The van der Waals surface area contributed by atoms with Crippen LogP contribution in [0.15, 0.2) is 42.5 Å². The number of epoxide rings is 1. The lowest BCUT2D eigenvalue weighted by Crippen LogP contribution is -1.77. The van der Waals surface area contributed by atoms with Crippen molar-refractivity contribution >= 4 is 0 Å². The van der Waals surface area contributed by atoms with Crippen LogP contribution in [0.25, 0.3) is 0 Å². The van der Waals surface area contributed by atoms with Gasteiger partial charge in [-0.2, -0.15) is 0 Å². The van der Waals surface area contributed by atoms with Gasteiger partial charge in [0.05, 0.1) is 6.61 Å². The van der Waals surface area contributed by atoms with Gasteiger partial charge in [-0.15, -0.1) is 0 Å². The van der Waals surface area contributed by atoms with Gasteiger partial charge in [0, 0.05) is 0 Å². The van der Waals surface area contributed by atoms with Gasteiger partial charge in [-0.25, -0.2) is 0 Å². The third-order valence-corrected chi connectivity index (χ3v) is 2.66. The monoisotopic (exact) mass is 202 g/mol. The van der Waals surface area contributed by atoms with Crippen molar-refractivity contribution in [2.24, 2.45) is 0 Å². The molecule has 1 aromatic rings. The first-order valence-corrected chi connectivity index (χ1v) is 5.78. The fraction of sp³-hybridized carbons (Fsp3) is 0.429. The molecule has 1 aliphatic carbocycles. The van der Waals surface area contributed by atoms with Gasteiger partial charge in [0.15, 0.2) is 0 Å². The molecule has 0 N–H and O–H groups in total. The van der Waals surface area contributed by atoms with Crippen molar-refractivity contribution in [3.05, 3.63) is 48.0 Å². The number of ether oxygens (including phenoxy) is 1. The lowest BCUT2D eigenvalue weighted by Gasteiger charge is -1.97. The number of hydrogen-bond acceptors (Lipinski definition) is 1. The second-order valence-corrected chi connectivity index (χ2v) is 3.99. The van der Waals surface area contributed by atoms with E-state index in [-0.39, 0.29) is 0 Å². The molecule has 1 saturated heterocycles. The number of hydrogen-bond donors (Lipinski definition) is 0. The molecule has 1 heteroatoms. The molecular weight excluding hydrogens is 184 g/mol.